The number of carbonyl (C=O) groups is 2. The molecule has 1 N–H and O–H groups in total. The Labute approximate surface area is 140 Å². The number of rotatable bonds is 5. The predicted molar refractivity (Wildman–Crippen MR) is 88.9 cm³/mol. The summed E-state index contributed by atoms with van der Waals surface area (Å²) in [7, 11) is 1.50. The van der Waals surface area contributed by atoms with E-state index in [-0.39, 0.29) is 12.5 Å². The van der Waals surface area contributed by atoms with Crippen LogP contribution in [0.3, 0.4) is 0 Å². The average molecular weight is 325 g/mol. The van der Waals surface area contributed by atoms with Gasteiger partial charge in [-0.05, 0) is 12.5 Å². The van der Waals surface area contributed by atoms with Crippen molar-refractivity contribution in [1.82, 2.24) is 14.7 Å². The molecule has 0 bridgehead atoms. The lowest BCUT2D eigenvalue weighted by atomic mass is 10.2. The normalized spacial score (nSPS) is 11.4. The van der Waals surface area contributed by atoms with E-state index in [9.17, 15) is 9.59 Å². The Morgan fingerprint density at radius 1 is 1.33 bits per heavy atom. The first-order valence-corrected chi connectivity index (χ1v) is 7.53. The van der Waals surface area contributed by atoms with Crippen LogP contribution in [0.25, 0.3) is 0 Å². The van der Waals surface area contributed by atoms with Crippen LogP contribution in [-0.2, 0) is 16.1 Å². The Bertz CT molecular complexity index is 748. The molecule has 124 valence electrons. The number of hydrogen-bond acceptors (Lipinski definition) is 4. The Hall–Kier alpha value is -3.14. The number of anilines is 1. The van der Waals surface area contributed by atoms with E-state index >= 15 is 0 Å². The molecule has 7 nitrogen and oxygen atoms in total. The van der Waals surface area contributed by atoms with Gasteiger partial charge in [0.2, 0.25) is 0 Å². The zero-order chi connectivity index (χ0) is 17.5. The van der Waals surface area contributed by atoms with Crippen molar-refractivity contribution in [3.8, 4) is 6.07 Å². The summed E-state index contributed by atoms with van der Waals surface area (Å²) in [5.74, 6) is -1.16. The molecule has 0 aliphatic heterocycles. The molecule has 0 saturated carbocycles. The van der Waals surface area contributed by atoms with E-state index in [1.165, 1.54) is 11.9 Å². The first-order valence-electron chi connectivity index (χ1n) is 7.53. The Morgan fingerprint density at radius 2 is 2.04 bits per heavy atom. The number of nitriles is 1. The molecule has 0 aliphatic carbocycles. The van der Waals surface area contributed by atoms with Crippen molar-refractivity contribution in [2.75, 3.05) is 12.4 Å². The van der Waals surface area contributed by atoms with Crippen LogP contribution in [0.15, 0.2) is 42.6 Å². The van der Waals surface area contributed by atoms with E-state index in [0.717, 1.165) is 5.56 Å². The number of aromatic nitrogens is 2. The third kappa shape index (κ3) is 4.43. The van der Waals surface area contributed by atoms with Gasteiger partial charge in [-0.2, -0.15) is 10.4 Å². The van der Waals surface area contributed by atoms with Crippen molar-refractivity contribution < 1.29 is 9.59 Å². The summed E-state index contributed by atoms with van der Waals surface area (Å²) in [6.45, 7) is 2.28. The van der Waals surface area contributed by atoms with E-state index in [4.69, 9.17) is 5.26 Å². The van der Waals surface area contributed by atoms with Crippen molar-refractivity contribution in [2.24, 2.45) is 0 Å². The quantitative estimate of drug-likeness (QED) is 0.846. The van der Waals surface area contributed by atoms with Gasteiger partial charge in [-0.15, -0.1) is 0 Å². The minimum atomic E-state index is -0.771. The summed E-state index contributed by atoms with van der Waals surface area (Å²) >= 11 is 0. The number of hydrogen-bond donors (Lipinski definition) is 1. The first kappa shape index (κ1) is 17.2. The lowest BCUT2D eigenvalue weighted by molar-refractivity contribution is -0.143. The zero-order valence-corrected chi connectivity index (χ0v) is 13.6. The van der Waals surface area contributed by atoms with Gasteiger partial charge in [0.05, 0.1) is 19.0 Å². The van der Waals surface area contributed by atoms with E-state index in [1.807, 2.05) is 36.4 Å². The van der Waals surface area contributed by atoms with Gasteiger partial charge < -0.3 is 10.2 Å². The molecular formula is C17H19N5O2. The third-order valence-corrected chi connectivity index (χ3v) is 3.63. The van der Waals surface area contributed by atoms with Crippen molar-refractivity contribution in [3.05, 3.63) is 48.2 Å². The summed E-state index contributed by atoms with van der Waals surface area (Å²) in [6.07, 6.45) is 1.90. The van der Waals surface area contributed by atoms with Crippen LogP contribution < -0.4 is 5.32 Å². The maximum atomic E-state index is 12.0. The fraction of sp³-hybridized carbons (Fsp3) is 0.294. The van der Waals surface area contributed by atoms with Gasteiger partial charge in [0, 0.05) is 25.4 Å². The zero-order valence-electron chi connectivity index (χ0n) is 13.6. The highest BCUT2D eigenvalue weighted by Crippen LogP contribution is 2.07. The molecule has 24 heavy (non-hydrogen) atoms. The van der Waals surface area contributed by atoms with Crippen molar-refractivity contribution in [2.45, 2.75) is 25.9 Å². The monoisotopic (exact) mass is 325 g/mol. The minimum absolute atomic E-state index is 0.168. The van der Waals surface area contributed by atoms with Crippen LogP contribution >= 0.6 is 0 Å². The van der Waals surface area contributed by atoms with Crippen LogP contribution in [0.5, 0.6) is 0 Å². The van der Waals surface area contributed by atoms with E-state index in [0.29, 0.717) is 12.4 Å². The largest absolute Gasteiger partial charge is 0.334 e. The predicted octanol–water partition coefficient (Wildman–Crippen LogP) is 1.63. The molecule has 7 heteroatoms. The maximum Gasteiger partial charge on any atom is 0.315 e. The summed E-state index contributed by atoms with van der Waals surface area (Å²) < 4.78 is 1.68. The maximum absolute atomic E-state index is 12.0. The van der Waals surface area contributed by atoms with Crippen LogP contribution in [0.1, 0.15) is 18.9 Å². The summed E-state index contributed by atoms with van der Waals surface area (Å²) in [6, 6.07) is 13.1. The molecule has 1 unspecified atom stereocenters. The highest BCUT2D eigenvalue weighted by molar-refractivity contribution is 6.39. The molecule has 0 radical (unpaired) electrons. The molecule has 2 rings (SSSR count). The van der Waals surface area contributed by atoms with Crippen molar-refractivity contribution >= 4 is 17.6 Å². The summed E-state index contributed by atoms with van der Waals surface area (Å²) in [4.78, 5) is 25.3. The lowest BCUT2D eigenvalue weighted by Gasteiger charge is -2.21. The molecule has 1 atom stereocenters. The van der Waals surface area contributed by atoms with Gasteiger partial charge in [0.15, 0.2) is 5.82 Å². The molecule has 0 saturated heterocycles. The number of amides is 2. The van der Waals surface area contributed by atoms with Gasteiger partial charge in [-0.1, -0.05) is 30.3 Å². The number of benzene rings is 1. The fourth-order valence-electron chi connectivity index (χ4n) is 2.09. The molecule has 0 aliphatic rings. The minimum Gasteiger partial charge on any atom is -0.334 e. The standard InChI is InChI=1S/C17H19N5O2/c1-13(8-10-18)21(2)17(24)16(23)19-15-9-11-22(20-15)12-14-6-4-3-5-7-14/h3-7,9,11,13H,8,12H2,1-2H3,(H,19,20,23). The molecule has 1 aromatic heterocycles. The molecule has 0 fully saturated rings. The fourth-order valence-corrected chi connectivity index (χ4v) is 2.09. The van der Waals surface area contributed by atoms with E-state index in [2.05, 4.69) is 10.4 Å². The SMILES string of the molecule is CC(CC#N)N(C)C(=O)C(=O)Nc1ccn(Cc2ccccc2)n1. The molecular weight excluding hydrogens is 306 g/mol. The lowest BCUT2D eigenvalue weighted by Crippen LogP contribution is -2.42. The Kier molecular flexibility index (Phi) is 5.68. The molecule has 2 amide bonds. The summed E-state index contributed by atoms with van der Waals surface area (Å²) in [5.41, 5.74) is 1.08. The van der Waals surface area contributed by atoms with Gasteiger partial charge in [-0.3, -0.25) is 14.3 Å². The van der Waals surface area contributed by atoms with E-state index in [1.54, 1.807) is 23.9 Å². The van der Waals surface area contributed by atoms with Crippen LogP contribution in [-0.4, -0.2) is 39.6 Å². The third-order valence-electron chi connectivity index (χ3n) is 3.63. The average Bonchev–Trinajstić information content (AvgIpc) is 3.01. The number of carbonyl (C=O) groups excluding carboxylic acids is 2. The molecule has 1 aromatic carbocycles. The van der Waals surface area contributed by atoms with Gasteiger partial charge in [0.25, 0.3) is 0 Å². The molecule has 2 aromatic rings. The number of likely N-dealkylation sites (N-methyl/N-ethyl adjacent to an activating group) is 1. The van der Waals surface area contributed by atoms with Gasteiger partial charge >= 0.3 is 11.8 Å². The highest BCUT2D eigenvalue weighted by Gasteiger charge is 2.23. The highest BCUT2D eigenvalue weighted by atomic mass is 16.2. The van der Waals surface area contributed by atoms with Crippen molar-refractivity contribution in [1.29, 1.82) is 5.26 Å². The van der Waals surface area contributed by atoms with Crippen molar-refractivity contribution in [3.63, 3.8) is 0 Å². The van der Waals surface area contributed by atoms with E-state index < -0.39 is 11.8 Å². The topological polar surface area (TPSA) is 91.0 Å². The second kappa shape index (κ2) is 7.92. The Morgan fingerprint density at radius 3 is 2.71 bits per heavy atom. The van der Waals surface area contributed by atoms with Gasteiger partial charge in [0.1, 0.15) is 0 Å². The second-order valence-corrected chi connectivity index (χ2v) is 5.47. The van der Waals surface area contributed by atoms with Crippen LogP contribution in [0.4, 0.5) is 5.82 Å². The number of nitrogens with one attached hydrogen (secondary N) is 1. The Balaban J connectivity index is 1.95. The smallest absolute Gasteiger partial charge is 0.315 e. The first-order chi connectivity index (χ1) is 11.5. The molecule has 1 heterocycles. The summed E-state index contributed by atoms with van der Waals surface area (Å²) in [5, 5.41) is 15.4. The van der Waals surface area contributed by atoms with Crippen LogP contribution in [0.2, 0.25) is 0 Å². The number of nitrogens with zero attached hydrogens (tertiary/aromatic N) is 4. The van der Waals surface area contributed by atoms with Gasteiger partial charge in [-0.25, -0.2) is 0 Å². The second-order valence-electron chi connectivity index (χ2n) is 5.47. The molecule has 0 spiro atoms. The van der Waals surface area contributed by atoms with Crippen LogP contribution in [0, 0.1) is 11.3 Å².